The molecule has 0 spiro atoms. The van der Waals surface area contributed by atoms with E-state index < -0.39 is 46.0 Å². The standard InChI is InChI=1S/C21H16N4O6S3/c26-32(27,16-10-4-1-5-11-16)20-22-19(25-34(30,31)18-14-8-3-9-15-18)23-21(24-20)33(28,29)17-12-6-2-7-13-17/h1-15H,(H,22,23,24,25). The second kappa shape index (κ2) is 8.93. The first-order chi connectivity index (χ1) is 16.1. The van der Waals surface area contributed by atoms with Gasteiger partial charge in [-0.05, 0) is 36.4 Å². The molecule has 0 aliphatic rings. The van der Waals surface area contributed by atoms with E-state index >= 15 is 0 Å². The van der Waals surface area contributed by atoms with Crippen LogP contribution in [0.3, 0.4) is 0 Å². The van der Waals surface area contributed by atoms with Crippen molar-refractivity contribution in [2.45, 2.75) is 25.0 Å². The Morgan fingerprint density at radius 2 is 0.824 bits per heavy atom. The zero-order valence-corrected chi connectivity index (χ0v) is 19.6. The molecular formula is C21H16N4O6S3. The average molecular weight is 517 g/mol. The highest BCUT2D eigenvalue weighted by Gasteiger charge is 2.29. The van der Waals surface area contributed by atoms with E-state index in [0.717, 1.165) is 0 Å². The predicted molar refractivity (Wildman–Crippen MR) is 121 cm³/mol. The van der Waals surface area contributed by atoms with Gasteiger partial charge < -0.3 is 0 Å². The van der Waals surface area contributed by atoms with Gasteiger partial charge in [0.25, 0.3) is 20.3 Å². The predicted octanol–water partition coefficient (Wildman–Crippen LogP) is 2.34. The number of sulfone groups is 2. The monoisotopic (exact) mass is 516 g/mol. The first kappa shape index (κ1) is 23.5. The molecule has 0 saturated carbocycles. The molecule has 3 aromatic carbocycles. The van der Waals surface area contributed by atoms with E-state index in [-0.39, 0.29) is 14.7 Å². The number of aromatic nitrogens is 3. The van der Waals surface area contributed by atoms with Crippen molar-refractivity contribution in [3.05, 3.63) is 91.0 Å². The van der Waals surface area contributed by atoms with Gasteiger partial charge in [-0.3, -0.25) is 0 Å². The van der Waals surface area contributed by atoms with Crippen molar-refractivity contribution in [2.75, 3.05) is 4.72 Å². The number of anilines is 1. The Bertz CT molecular complexity index is 1560. The van der Waals surface area contributed by atoms with E-state index in [2.05, 4.69) is 15.0 Å². The Labute approximate surface area is 196 Å². The molecule has 0 aliphatic carbocycles. The number of hydrogen-bond donors (Lipinski definition) is 1. The van der Waals surface area contributed by atoms with Crippen molar-refractivity contribution in [1.29, 1.82) is 0 Å². The molecule has 10 nitrogen and oxygen atoms in total. The maximum absolute atomic E-state index is 13.1. The summed E-state index contributed by atoms with van der Waals surface area (Å²) in [6, 6.07) is 21.3. The average Bonchev–Trinajstić information content (AvgIpc) is 2.85. The fourth-order valence-corrected chi connectivity index (χ4v) is 6.11. The quantitative estimate of drug-likeness (QED) is 0.390. The van der Waals surface area contributed by atoms with Gasteiger partial charge in [0.1, 0.15) is 0 Å². The van der Waals surface area contributed by atoms with Gasteiger partial charge in [-0.1, -0.05) is 54.6 Å². The van der Waals surface area contributed by atoms with E-state index in [1.807, 2.05) is 4.72 Å². The summed E-state index contributed by atoms with van der Waals surface area (Å²) in [6.45, 7) is 0. The molecule has 0 unspecified atom stereocenters. The molecule has 1 aromatic heterocycles. The van der Waals surface area contributed by atoms with Crippen LogP contribution in [0.15, 0.2) is 116 Å². The lowest BCUT2D eigenvalue weighted by atomic mass is 10.4. The summed E-state index contributed by atoms with van der Waals surface area (Å²) in [5, 5.41) is -1.84. The van der Waals surface area contributed by atoms with Crippen LogP contribution in [0.4, 0.5) is 5.95 Å². The summed E-state index contributed by atoms with van der Waals surface area (Å²) in [6.07, 6.45) is 0. The summed E-state index contributed by atoms with van der Waals surface area (Å²) in [5.41, 5.74) is 0. The van der Waals surface area contributed by atoms with Crippen LogP contribution in [0.1, 0.15) is 0 Å². The lowest BCUT2D eigenvalue weighted by molar-refractivity contribution is 0.570. The minimum atomic E-state index is -4.41. The lowest BCUT2D eigenvalue weighted by Gasteiger charge is -2.11. The molecule has 4 rings (SSSR count). The van der Waals surface area contributed by atoms with E-state index in [1.54, 1.807) is 18.2 Å². The number of nitrogens with one attached hydrogen (secondary N) is 1. The zero-order valence-electron chi connectivity index (χ0n) is 17.2. The SMILES string of the molecule is O=S(=O)(Nc1nc(S(=O)(=O)c2ccccc2)nc(S(=O)(=O)c2ccccc2)n1)c1ccccc1. The largest absolute Gasteiger partial charge is 0.264 e. The Morgan fingerprint density at radius 3 is 1.21 bits per heavy atom. The van der Waals surface area contributed by atoms with E-state index in [9.17, 15) is 25.3 Å². The van der Waals surface area contributed by atoms with Crippen LogP contribution in [0, 0.1) is 0 Å². The third-order valence-electron chi connectivity index (χ3n) is 4.46. The minimum Gasteiger partial charge on any atom is -0.247 e. The van der Waals surface area contributed by atoms with Crippen LogP contribution in [-0.4, -0.2) is 40.2 Å². The molecule has 174 valence electrons. The van der Waals surface area contributed by atoms with E-state index in [4.69, 9.17) is 0 Å². The lowest BCUT2D eigenvalue weighted by Crippen LogP contribution is -2.20. The highest BCUT2D eigenvalue weighted by atomic mass is 32.2. The Hall–Kier alpha value is -3.68. The molecule has 0 aliphatic heterocycles. The van der Waals surface area contributed by atoms with Crippen molar-refractivity contribution in [2.24, 2.45) is 0 Å². The summed E-state index contributed by atoms with van der Waals surface area (Å²) >= 11 is 0. The van der Waals surface area contributed by atoms with Crippen LogP contribution in [0.25, 0.3) is 0 Å². The molecule has 0 amide bonds. The molecule has 0 atom stereocenters. The number of nitrogens with zero attached hydrogens (tertiary/aromatic N) is 3. The smallest absolute Gasteiger partial charge is 0.247 e. The molecule has 4 aromatic rings. The molecule has 0 bridgehead atoms. The Morgan fingerprint density at radius 1 is 0.471 bits per heavy atom. The Balaban J connectivity index is 1.90. The zero-order chi connectivity index (χ0) is 24.4. The maximum atomic E-state index is 13.1. The summed E-state index contributed by atoms with van der Waals surface area (Å²) in [7, 11) is -13.1. The maximum Gasteiger partial charge on any atom is 0.264 e. The second-order valence-electron chi connectivity index (χ2n) is 6.78. The van der Waals surface area contributed by atoms with Crippen molar-refractivity contribution in [3.63, 3.8) is 0 Å². The van der Waals surface area contributed by atoms with Crippen LogP contribution in [-0.2, 0) is 29.7 Å². The van der Waals surface area contributed by atoms with Crippen molar-refractivity contribution in [1.82, 2.24) is 15.0 Å². The van der Waals surface area contributed by atoms with Gasteiger partial charge in [0.15, 0.2) is 0 Å². The van der Waals surface area contributed by atoms with Gasteiger partial charge in [-0.2, -0.15) is 15.0 Å². The highest BCUT2D eigenvalue weighted by Crippen LogP contribution is 2.24. The molecule has 13 heteroatoms. The van der Waals surface area contributed by atoms with Crippen LogP contribution in [0.2, 0.25) is 0 Å². The first-order valence-electron chi connectivity index (χ1n) is 9.55. The van der Waals surface area contributed by atoms with Gasteiger partial charge >= 0.3 is 0 Å². The molecule has 1 N–H and O–H groups in total. The topological polar surface area (TPSA) is 153 Å². The van der Waals surface area contributed by atoms with Crippen LogP contribution in [0.5, 0.6) is 0 Å². The molecule has 0 radical (unpaired) electrons. The molecule has 0 saturated heterocycles. The second-order valence-corrected chi connectivity index (χ2v) is 12.1. The number of hydrogen-bond acceptors (Lipinski definition) is 9. The fraction of sp³-hybridized carbons (Fsp3) is 0. The minimum absolute atomic E-state index is 0.157. The van der Waals surface area contributed by atoms with Gasteiger partial charge in [0, 0.05) is 0 Å². The third kappa shape index (κ3) is 4.66. The van der Waals surface area contributed by atoms with Crippen molar-refractivity contribution in [3.8, 4) is 0 Å². The first-order valence-corrected chi connectivity index (χ1v) is 14.0. The van der Waals surface area contributed by atoms with Gasteiger partial charge in [0.2, 0.25) is 25.6 Å². The summed E-state index contributed by atoms with van der Waals surface area (Å²) < 4.78 is 80.0. The number of rotatable bonds is 7. The molecular weight excluding hydrogens is 500 g/mol. The highest BCUT2D eigenvalue weighted by molar-refractivity contribution is 7.93. The molecule has 0 fully saturated rings. The van der Waals surface area contributed by atoms with Crippen LogP contribution < -0.4 is 4.72 Å². The van der Waals surface area contributed by atoms with Crippen LogP contribution >= 0.6 is 0 Å². The normalized spacial score (nSPS) is 12.2. The summed E-state index contributed by atoms with van der Waals surface area (Å²) in [5.74, 6) is -0.761. The number of sulfonamides is 1. The van der Waals surface area contributed by atoms with E-state index in [1.165, 1.54) is 72.8 Å². The number of benzene rings is 3. The summed E-state index contributed by atoms with van der Waals surface area (Å²) in [4.78, 5) is 10.6. The molecule has 34 heavy (non-hydrogen) atoms. The third-order valence-corrected chi connectivity index (χ3v) is 8.92. The van der Waals surface area contributed by atoms with Gasteiger partial charge in [-0.25, -0.2) is 30.0 Å². The Kier molecular flexibility index (Phi) is 6.17. The molecule has 1 heterocycles. The fourth-order valence-electron chi connectivity index (χ4n) is 2.81. The van der Waals surface area contributed by atoms with E-state index in [0.29, 0.717) is 0 Å². The van der Waals surface area contributed by atoms with Crippen molar-refractivity contribution >= 4 is 35.6 Å². The van der Waals surface area contributed by atoms with Gasteiger partial charge in [-0.15, -0.1) is 0 Å². The van der Waals surface area contributed by atoms with Gasteiger partial charge in [0.05, 0.1) is 14.7 Å². The van der Waals surface area contributed by atoms with Crippen molar-refractivity contribution < 1.29 is 25.3 Å².